The van der Waals surface area contributed by atoms with Gasteiger partial charge >= 0.3 is 0 Å². The molecule has 0 saturated heterocycles. The second-order valence-corrected chi connectivity index (χ2v) is 5.28. The van der Waals surface area contributed by atoms with Crippen LogP contribution in [0.25, 0.3) is 11.1 Å². The Morgan fingerprint density at radius 1 is 0.720 bits per heavy atom. The highest BCUT2D eigenvalue weighted by Gasteiger charge is 2.09. The zero-order valence-electron chi connectivity index (χ0n) is 15.5. The third-order valence-corrected chi connectivity index (χ3v) is 3.63. The highest BCUT2D eigenvalue weighted by atomic mass is 16.5. The smallest absolute Gasteiger partial charge is 0.115 e. The van der Waals surface area contributed by atoms with Gasteiger partial charge in [-0.25, -0.2) is 0 Å². The van der Waals surface area contributed by atoms with E-state index < -0.39 is 0 Å². The Hall–Kier alpha value is -2.52. The van der Waals surface area contributed by atoms with Gasteiger partial charge in [0.1, 0.15) is 11.5 Å². The number of ether oxygens (including phenoxy) is 1. The Bertz CT molecular complexity index is 619. The molecule has 2 aromatic rings. The standard InChI is InChI=1S/C18H18O2.C4H10O/c1-3-17(13-5-9-15(19)10-6-13)18(4-2)14-7-11-16(20)12-8-14;1-3-5-4-2/h3-12,19-20H,1-2H3;3-4H2,1-2H3/b17-3+,18-4+;. The van der Waals surface area contributed by atoms with Gasteiger partial charge in [0.25, 0.3) is 0 Å². The first-order valence-corrected chi connectivity index (χ1v) is 8.56. The summed E-state index contributed by atoms with van der Waals surface area (Å²) in [5.74, 6) is 0.520. The molecule has 0 amide bonds. The molecule has 2 aromatic carbocycles. The van der Waals surface area contributed by atoms with Gasteiger partial charge in [-0.3, -0.25) is 0 Å². The van der Waals surface area contributed by atoms with E-state index in [0.717, 1.165) is 35.5 Å². The maximum Gasteiger partial charge on any atom is 0.115 e. The minimum atomic E-state index is 0.260. The summed E-state index contributed by atoms with van der Waals surface area (Å²) in [6, 6.07) is 14.3. The number of benzene rings is 2. The van der Waals surface area contributed by atoms with Gasteiger partial charge in [-0.2, -0.15) is 0 Å². The van der Waals surface area contributed by atoms with Gasteiger partial charge in [0.05, 0.1) is 0 Å². The second-order valence-electron chi connectivity index (χ2n) is 5.28. The first-order valence-electron chi connectivity index (χ1n) is 8.56. The van der Waals surface area contributed by atoms with E-state index >= 15 is 0 Å². The molecule has 0 fully saturated rings. The van der Waals surface area contributed by atoms with Crippen LogP contribution in [0.1, 0.15) is 38.8 Å². The fourth-order valence-electron chi connectivity index (χ4n) is 2.44. The van der Waals surface area contributed by atoms with Gasteiger partial charge < -0.3 is 14.9 Å². The number of phenols is 2. The van der Waals surface area contributed by atoms with Crippen LogP contribution in [0.3, 0.4) is 0 Å². The normalized spacial score (nSPS) is 11.7. The third-order valence-electron chi connectivity index (χ3n) is 3.63. The summed E-state index contributed by atoms with van der Waals surface area (Å²) in [7, 11) is 0. The SMILES string of the molecule is C/C=C(/C(=C/C)c1ccc(O)cc1)c1ccc(O)cc1.CCOCC. The highest BCUT2D eigenvalue weighted by molar-refractivity contribution is 6.04. The van der Waals surface area contributed by atoms with Crippen molar-refractivity contribution in [3.05, 3.63) is 71.8 Å². The molecule has 0 spiro atoms. The third kappa shape index (κ3) is 6.48. The molecule has 0 aliphatic rings. The van der Waals surface area contributed by atoms with Crippen LogP contribution in [0.5, 0.6) is 11.5 Å². The van der Waals surface area contributed by atoms with E-state index in [-0.39, 0.29) is 11.5 Å². The van der Waals surface area contributed by atoms with E-state index in [1.54, 1.807) is 24.3 Å². The number of phenolic OH excluding ortho intramolecular Hbond substituents is 2. The molecule has 0 aliphatic carbocycles. The predicted octanol–water partition coefficient (Wildman–Crippen LogP) is 5.65. The molecular weight excluding hydrogens is 312 g/mol. The van der Waals surface area contributed by atoms with E-state index in [4.69, 9.17) is 4.74 Å². The van der Waals surface area contributed by atoms with Crippen LogP contribution in [-0.4, -0.2) is 23.4 Å². The van der Waals surface area contributed by atoms with Crippen LogP contribution in [0.15, 0.2) is 60.7 Å². The monoisotopic (exact) mass is 340 g/mol. The van der Waals surface area contributed by atoms with Crippen LogP contribution < -0.4 is 0 Å². The molecule has 0 aromatic heterocycles. The fourth-order valence-corrected chi connectivity index (χ4v) is 2.44. The summed E-state index contributed by atoms with van der Waals surface area (Å²) in [5, 5.41) is 18.8. The average molecular weight is 340 g/mol. The topological polar surface area (TPSA) is 49.7 Å². The summed E-state index contributed by atoms with van der Waals surface area (Å²) in [6.45, 7) is 9.65. The zero-order chi connectivity index (χ0) is 18.7. The Morgan fingerprint density at radius 2 is 1.04 bits per heavy atom. The minimum absolute atomic E-state index is 0.260. The van der Waals surface area contributed by atoms with Crippen molar-refractivity contribution in [2.45, 2.75) is 27.7 Å². The first-order chi connectivity index (χ1) is 12.1. The largest absolute Gasteiger partial charge is 0.508 e. The van der Waals surface area contributed by atoms with Gasteiger partial charge in [-0.1, -0.05) is 36.4 Å². The average Bonchev–Trinajstić information content (AvgIpc) is 2.63. The van der Waals surface area contributed by atoms with Crippen molar-refractivity contribution in [1.29, 1.82) is 0 Å². The molecule has 0 heterocycles. The quantitative estimate of drug-likeness (QED) is 0.692. The molecular formula is C22H28O3. The number of rotatable bonds is 5. The molecule has 0 saturated carbocycles. The number of hydrogen-bond donors (Lipinski definition) is 2. The molecule has 0 aliphatic heterocycles. The molecule has 2 N–H and O–H groups in total. The van der Waals surface area contributed by atoms with Crippen LogP contribution in [0.4, 0.5) is 0 Å². The Kier molecular flexibility index (Phi) is 9.12. The lowest BCUT2D eigenvalue weighted by Crippen LogP contribution is -1.90. The molecule has 2 rings (SSSR count). The van der Waals surface area contributed by atoms with Crippen molar-refractivity contribution in [3.8, 4) is 11.5 Å². The summed E-state index contributed by atoms with van der Waals surface area (Å²) in [6.07, 6.45) is 4.10. The summed E-state index contributed by atoms with van der Waals surface area (Å²) in [4.78, 5) is 0. The molecule has 0 unspecified atom stereocenters. The van der Waals surface area contributed by atoms with E-state index in [1.807, 2.05) is 52.0 Å². The van der Waals surface area contributed by atoms with E-state index in [2.05, 4.69) is 12.2 Å². The van der Waals surface area contributed by atoms with Crippen molar-refractivity contribution in [2.75, 3.05) is 13.2 Å². The number of hydrogen-bond acceptors (Lipinski definition) is 3. The van der Waals surface area contributed by atoms with Gasteiger partial charge in [-0.05, 0) is 74.2 Å². The molecule has 0 atom stereocenters. The fraction of sp³-hybridized carbons (Fsp3) is 0.273. The summed E-state index contributed by atoms with van der Waals surface area (Å²) < 4.78 is 4.83. The lowest BCUT2D eigenvalue weighted by Gasteiger charge is -2.13. The predicted molar refractivity (Wildman–Crippen MR) is 106 cm³/mol. The van der Waals surface area contributed by atoms with Crippen molar-refractivity contribution in [1.82, 2.24) is 0 Å². The van der Waals surface area contributed by atoms with Crippen LogP contribution in [0.2, 0.25) is 0 Å². The van der Waals surface area contributed by atoms with E-state index in [0.29, 0.717) is 0 Å². The lowest BCUT2D eigenvalue weighted by molar-refractivity contribution is 0.162. The van der Waals surface area contributed by atoms with Crippen molar-refractivity contribution in [2.24, 2.45) is 0 Å². The molecule has 0 bridgehead atoms. The van der Waals surface area contributed by atoms with E-state index in [9.17, 15) is 10.2 Å². The number of aromatic hydroxyl groups is 2. The lowest BCUT2D eigenvalue weighted by atomic mass is 9.92. The summed E-state index contributed by atoms with van der Waals surface area (Å²) >= 11 is 0. The molecule has 3 heteroatoms. The van der Waals surface area contributed by atoms with Crippen molar-refractivity contribution < 1.29 is 14.9 Å². The van der Waals surface area contributed by atoms with Gasteiger partial charge in [0.2, 0.25) is 0 Å². The second kappa shape index (κ2) is 11.1. The maximum absolute atomic E-state index is 9.39. The van der Waals surface area contributed by atoms with Crippen molar-refractivity contribution in [3.63, 3.8) is 0 Å². The molecule has 0 radical (unpaired) electrons. The van der Waals surface area contributed by atoms with Gasteiger partial charge in [0.15, 0.2) is 0 Å². The molecule has 25 heavy (non-hydrogen) atoms. The van der Waals surface area contributed by atoms with Crippen LogP contribution in [0, 0.1) is 0 Å². The van der Waals surface area contributed by atoms with Crippen molar-refractivity contribution >= 4 is 11.1 Å². The first kappa shape index (κ1) is 20.5. The molecule has 3 nitrogen and oxygen atoms in total. The van der Waals surface area contributed by atoms with Crippen LogP contribution >= 0.6 is 0 Å². The maximum atomic E-state index is 9.39. The summed E-state index contributed by atoms with van der Waals surface area (Å²) in [5.41, 5.74) is 4.29. The van der Waals surface area contributed by atoms with Gasteiger partial charge in [0, 0.05) is 13.2 Å². The Morgan fingerprint density at radius 3 is 1.24 bits per heavy atom. The Labute approximate surface area is 150 Å². The molecule has 134 valence electrons. The number of allylic oxidation sites excluding steroid dienone is 4. The van der Waals surface area contributed by atoms with Crippen LogP contribution in [-0.2, 0) is 4.74 Å². The van der Waals surface area contributed by atoms with Gasteiger partial charge in [-0.15, -0.1) is 0 Å². The Balaban J connectivity index is 0.000000550. The highest BCUT2D eigenvalue weighted by Crippen LogP contribution is 2.32. The zero-order valence-corrected chi connectivity index (χ0v) is 15.5. The van der Waals surface area contributed by atoms with E-state index in [1.165, 1.54) is 0 Å². The minimum Gasteiger partial charge on any atom is -0.508 e.